The highest BCUT2D eigenvalue weighted by Gasteiger charge is 2.33. The van der Waals surface area contributed by atoms with Crippen molar-refractivity contribution >= 4 is 6.03 Å². The molecule has 1 N–H and O–H groups in total. The minimum atomic E-state index is -0.125. The van der Waals surface area contributed by atoms with Gasteiger partial charge in [0, 0.05) is 17.9 Å². The first-order valence-corrected chi connectivity index (χ1v) is 11.2. The fraction of sp³-hybridized carbons (Fsp3) is 0.346. The number of nitrogens with one attached hydrogen (secondary N) is 1. The van der Waals surface area contributed by atoms with E-state index in [0.29, 0.717) is 12.6 Å². The average Bonchev–Trinajstić information content (AvgIpc) is 3.44. The quantitative estimate of drug-likeness (QED) is 0.612. The lowest BCUT2D eigenvalue weighted by Gasteiger charge is -2.32. The van der Waals surface area contributed by atoms with Gasteiger partial charge in [0.15, 0.2) is 0 Å². The molecule has 2 aromatic carbocycles. The molecule has 5 rings (SSSR count). The molecule has 0 bridgehead atoms. The molecular formula is C26H29N3O. The molecule has 0 spiro atoms. The highest BCUT2D eigenvalue weighted by Crippen LogP contribution is 2.37. The minimum absolute atomic E-state index is 0.0379. The number of urea groups is 1. The van der Waals surface area contributed by atoms with Gasteiger partial charge in [-0.2, -0.15) is 0 Å². The van der Waals surface area contributed by atoms with Crippen molar-refractivity contribution in [2.75, 3.05) is 0 Å². The Morgan fingerprint density at radius 1 is 1.00 bits per heavy atom. The van der Waals surface area contributed by atoms with Gasteiger partial charge >= 0.3 is 6.03 Å². The van der Waals surface area contributed by atoms with Crippen LogP contribution in [0.4, 0.5) is 4.79 Å². The number of aryl methyl sites for hydroxylation is 1. The minimum Gasteiger partial charge on any atom is -0.335 e. The molecule has 1 fully saturated rings. The fourth-order valence-electron chi connectivity index (χ4n) is 4.95. The molecule has 2 aliphatic rings. The van der Waals surface area contributed by atoms with Gasteiger partial charge in [0.1, 0.15) is 0 Å². The first-order chi connectivity index (χ1) is 14.7. The maximum absolute atomic E-state index is 13.6. The maximum Gasteiger partial charge on any atom is 0.318 e. The Hall–Kier alpha value is -3.01. The molecule has 2 amide bonds. The summed E-state index contributed by atoms with van der Waals surface area (Å²) in [5.74, 6) is 0. The van der Waals surface area contributed by atoms with Crippen LogP contribution in [-0.4, -0.2) is 21.5 Å². The molecule has 1 atom stereocenters. The number of hydrogen-bond acceptors (Lipinski definition) is 1. The molecule has 1 aliphatic carbocycles. The highest BCUT2D eigenvalue weighted by molar-refractivity contribution is 5.76. The van der Waals surface area contributed by atoms with E-state index in [2.05, 4.69) is 83.7 Å². The number of carbonyl (C=O) groups is 1. The summed E-state index contributed by atoms with van der Waals surface area (Å²) in [6.45, 7) is 2.76. The van der Waals surface area contributed by atoms with Crippen molar-refractivity contribution in [3.05, 3.63) is 89.2 Å². The van der Waals surface area contributed by atoms with Gasteiger partial charge < -0.3 is 14.8 Å². The van der Waals surface area contributed by atoms with E-state index in [9.17, 15) is 4.79 Å². The van der Waals surface area contributed by atoms with E-state index in [1.807, 2.05) is 4.90 Å². The number of hydrogen-bond donors (Lipinski definition) is 1. The highest BCUT2D eigenvalue weighted by atomic mass is 16.2. The van der Waals surface area contributed by atoms with Crippen LogP contribution in [0.1, 0.15) is 61.0 Å². The molecule has 154 valence electrons. The predicted molar refractivity (Wildman–Crippen MR) is 120 cm³/mol. The smallest absolute Gasteiger partial charge is 0.318 e. The van der Waals surface area contributed by atoms with E-state index >= 15 is 0 Å². The van der Waals surface area contributed by atoms with Crippen molar-refractivity contribution in [2.45, 2.75) is 57.7 Å². The Kier molecular flexibility index (Phi) is 5.07. The van der Waals surface area contributed by atoms with E-state index in [0.717, 1.165) is 36.2 Å². The largest absolute Gasteiger partial charge is 0.335 e. The van der Waals surface area contributed by atoms with E-state index in [1.54, 1.807) is 0 Å². The average molecular weight is 400 g/mol. The molecule has 0 radical (unpaired) electrons. The van der Waals surface area contributed by atoms with Crippen molar-refractivity contribution < 1.29 is 4.79 Å². The molecule has 1 aromatic heterocycles. The molecule has 2 heterocycles. The standard InChI is InChI=1S/C26H29N3O/c1-2-19-13-15-20(16-14-19)25-24-12-7-17-28(24)23-11-6-3-8-21(23)18-29(25)26(30)27-22-9-4-5-10-22/h3,6-8,11-17,22,25H,2,4-5,9-10,18H2,1H3,(H,27,30). The molecule has 4 nitrogen and oxygen atoms in total. The van der Waals surface area contributed by atoms with Crippen LogP contribution in [0.25, 0.3) is 5.69 Å². The Morgan fingerprint density at radius 2 is 1.77 bits per heavy atom. The lowest BCUT2D eigenvalue weighted by atomic mass is 9.99. The molecule has 1 unspecified atom stereocenters. The van der Waals surface area contributed by atoms with Crippen molar-refractivity contribution in [2.24, 2.45) is 0 Å². The lowest BCUT2D eigenvalue weighted by Crippen LogP contribution is -2.45. The predicted octanol–water partition coefficient (Wildman–Crippen LogP) is 5.60. The number of amides is 2. The number of aromatic nitrogens is 1. The third-order valence-corrected chi connectivity index (χ3v) is 6.61. The van der Waals surface area contributed by atoms with Crippen LogP contribution >= 0.6 is 0 Å². The summed E-state index contributed by atoms with van der Waals surface area (Å²) < 4.78 is 2.25. The number of para-hydroxylation sites is 1. The van der Waals surface area contributed by atoms with Crippen LogP contribution in [0.5, 0.6) is 0 Å². The van der Waals surface area contributed by atoms with Gasteiger partial charge in [0.25, 0.3) is 0 Å². The summed E-state index contributed by atoms with van der Waals surface area (Å²) in [6, 6.07) is 21.6. The summed E-state index contributed by atoms with van der Waals surface area (Å²) in [5, 5.41) is 3.33. The topological polar surface area (TPSA) is 37.3 Å². The van der Waals surface area contributed by atoms with E-state index < -0.39 is 0 Å². The van der Waals surface area contributed by atoms with Crippen LogP contribution in [-0.2, 0) is 13.0 Å². The molecule has 0 saturated heterocycles. The number of carbonyl (C=O) groups excluding carboxylic acids is 1. The van der Waals surface area contributed by atoms with Gasteiger partial charge in [0.2, 0.25) is 0 Å². The van der Waals surface area contributed by atoms with Gasteiger partial charge in [-0.1, -0.05) is 62.2 Å². The molecule has 1 aliphatic heterocycles. The van der Waals surface area contributed by atoms with Gasteiger partial charge in [0.05, 0.1) is 18.3 Å². The van der Waals surface area contributed by atoms with Gasteiger partial charge in [-0.3, -0.25) is 0 Å². The Balaban J connectivity index is 1.60. The zero-order chi connectivity index (χ0) is 20.5. The third kappa shape index (κ3) is 3.41. The molecule has 4 heteroatoms. The summed E-state index contributed by atoms with van der Waals surface area (Å²) in [4.78, 5) is 15.6. The Bertz CT molecular complexity index is 1030. The zero-order valence-corrected chi connectivity index (χ0v) is 17.6. The van der Waals surface area contributed by atoms with Crippen LogP contribution < -0.4 is 5.32 Å². The van der Waals surface area contributed by atoms with Crippen LogP contribution in [0, 0.1) is 0 Å². The van der Waals surface area contributed by atoms with Gasteiger partial charge in [-0.25, -0.2) is 4.79 Å². The SMILES string of the molecule is CCc1ccc(C2c3cccn3-c3ccccc3CN2C(=O)NC2CCCC2)cc1. The molecule has 1 saturated carbocycles. The van der Waals surface area contributed by atoms with Crippen LogP contribution in [0.2, 0.25) is 0 Å². The summed E-state index contributed by atoms with van der Waals surface area (Å²) in [5.41, 5.74) is 5.92. The Morgan fingerprint density at radius 3 is 2.53 bits per heavy atom. The molecule has 3 aromatic rings. The normalized spacial score (nSPS) is 18.6. The summed E-state index contributed by atoms with van der Waals surface area (Å²) in [6.07, 6.45) is 7.71. The third-order valence-electron chi connectivity index (χ3n) is 6.61. The van der Waals surface area contributed by atoms with Gasteiger partial charge in [-0.15, -0.1) is 0 Å². The second kappa shape index (κ2) is 8.02. The van der Waals surface area contributed by atoms with Crippen molar-refractivity contribution in [1.29, 1.82) is 0 Å². The van der Waals surface area contributed by atoms with Crippen molar-refractivity contribution in [3.63, 3.8) is 0 Å². The van der Waals surface area contributed by atoms with Crippen molar-refractivity contribution in [3.8, 4) is 5.69 Å². The lowest BCUT2D eigenvalue weighted by molar-refractivity contribution is 0.176. The van der Waals surface area contributed by atoms with Gasteiger partial charge in [-0.05, 0) is 54.2 Å². The van der Waals surface area contributed by atoms with E-state index in [4.69, 9.17) is 0 Å². The second-order valence-corrected chi connectivity index (χ2v) is 8.49. The first kappa shape index (κ1) is 19.0. The molecular weight excluding hydrogens is 370 g/mol. The van der Waals surface area contributed by atoms with Crippen LogP contribution in [0.15, 0.2) is 66.9 Å². The number of fused-ring (bicyclic) bond motifs is 3. The summed E-state index contributed by atoms with van der Waals surface area (Å²) in [7, 11) is 0. The zero-order valence-electron chi connectivity index (χ0n) is 17.6. The second-order valence-electron chi connectivity index (χ2n) is 8.49. The molecule has 30 heavy (non-hydrogen) atoms. The number of benzene rings is 2. The van der Waals surface area contributed by atoms with E-state index in [-0.39, 0.29) is 12.1 Å². The first-order valence-electron chi connectivity index (χ1n) is 11.2. The Labute approximate surface area is 178 Å². The summed E-state index contributed by atoms with van der Waals surface area (Å²) >= 11 is 0. The number of nitrogens with zero attached hydrogens (tertiary/aromatic N) is 2. The monoisotopic (exact) mass is 399 g/mol. The van der Waals surface area contributed by atoms with E-state index in [1.165, 1.54) is 24.0 Å². The van der Waals surface area contributed by atoms with Crippen molar-refractivity contribution in [1.82, 2.24) is 14.8 Å². The number of rotatable bonds is 3. The fourth-order valence-corrected chi connectivity index (χ4v) is 4.95. The van der Waals surface area contributed by atoms with Crippen LogP contribution in [0.3, 0.4) is 0 Å². The maximum atomic E-state index is 13.6.